The molecule has 3 nitrogen and oxygen atoms in total. The molecule has 5 rings (SSSR count). The average molecular weight is 281 g/mol. The number of methoxy groups -OCH3 is 1. The number of rotatable bonds is 1. The summed E-state index contributed by atoms with van der Waals surface area (Å²) in [6.45, 7) is 3.47. The lowest BCUT2D eigenvalue weighted by Gasteiger charge is -2.33. The van der Waals surface area contributed by atoms with Gasteiger partial charge in [-0.25, -0.2) is 0 Å². The fraction of sp³-hybridized carbons (Fsp3) is 0.444. The maximum atomic E-state index is 6.27. The molecule has 0 radical (unpaired) electrons. The highest BCUT2D eigenvalue weighted by Crippen LogP contribution is 2.52. The predicted molar refractivity (Wildman–Crippen MR) is 82.4 cm³/mol. The summed E-state index contributed by atoms with van der Waals surface area (Å²) < 4.78 is 11.7. The third-order valence-electron chi connectivity index (χ3n) is 5.59. The summed E-state index contributed by atoms with van der Waals surface area (Å²) in [5.41, 5.74) is 3.65. The highest BCUT2D eigenvalue weighted by molar-refractivity contribution is 5.90. The lowest BCUT2D eigenvalue weighted by molar-refractivity contribution is 0.233. The van der Waals surface area contributed by atoms with E-state index in [0.29, 0.717) is 12.0 Å². The number of hydrogen-bond donors (Lipinski definition) is 0. The maximum Gasteiger partial charge on any atom is 0.135 e. The van der Waals surface area contributed by atoms with E-state index >= 15 is 0 Å². The Kier molecular flexibility index (Phi) is 2.15. The third kappa shape index (κ3) is 1.44. The number of fused-ring (bicyclic) bond motifs is 5. The smallest absolute Gasteiger partial charge is 0.135 e. The largest absolute Gasteiger partial charge is 0.497 e. The summed E-state index contributed by atoms with van der Waals surface area (Å²) in [5.74, 6) is 3.50. The van der Waals surface area contributed by atoms with Crippen LogP contribution >= 0.6 is 0 Å². The van der Waals surface area contributed by atoms with Gasteiger partial charge in [-0.15, -0.1) is 0 Å². The fourth-order valence-corrected chi connectivity index (χ4v) is 4.67. The molecule has 2 aliphatic heterocycles. The Morgan fingerprint density at radius 1 is 1.29 bits per heavy atom. The predicted octanol–water partition coefficient (Wildman–Crippen LogP) is 3.99. The summed E-state index contributed by atoms with van der Waals surface area (Å²) in [6, 6.07) is 6.78. The molecule has 2 aromatic rings. The van der Waals surface area contributed by atoms with Gasteiger partial charge in [0.1, 0.15) is 17.1 Å². The zero-order valence-corrected chi connectivity index (χ0v) is 12.4. The maximum absolute atomic E-state index is 6.27. The lowest BCUT2D eigenvalue weighted by Crippen LogP contribution is -2.34. The minimum Gasteiger partial charge on any atom is -0.497 e. The van der Waals surface area contributed by atoms with Crippen LogP contribution in [0.5, 0.6) is 5.75 Å². The van der Waals surface area contributed by atoms with E-state index in [1.165, 1.54) is 41.8 Å². The van der Waals surface area contributed by atoms with Crippen molar-refractivity contribution in [3.8, 4) is 5.75 Å². The van der Waals surface area contributed by atoms with Crippen LogP contribution in [0.3, 0.4) is 0 Å². The standard InChI is InChI=1S/C18H19NO2/c1-10-5-14-13-8-12(20-2)3-4-17(13)21-18(14)15-6-11-7-16(15)19(10)9-11/h3-5,8,11,15-16H,6-7,9H2,1-2H3/t11-,15+,16-/m0/s1. The molecule has 3 atom stereocenters. The van der Waals surface area contributed by atoms with Crippen molar-refractivity contribution in [1.82, 2.24) is 4.90 Å². The molecule has 0 spiro atoms. The molecule has 0 amide bonds. The van der Waals surface area contributed by atoms with Gasteiger partial charge in [-0.3, -0.25) is 0 Å². The van der Waals surface area contributed by atoms with Crippen LogP contribution in [-0.2, 0) is 0 Å². The Bertz CT molecular complexity index is 773. The first kappa shape index (κ1) is 11.7. The number of ether oxygens (including phenoxy) is 1. The van der Waals surface area contributed by atoms with Crippen LogP contribution in [-0.4, -0.2) is 24.6 Å². The molecule has 0 N–H and O–H groups in total. The molecule has 21 heavy (non-hydrogen) atoms. The van der Waals surface area contributed by atoms with E-state index in [4.69, 9.17) is 9.15 Å². The molecule has 108 valence electrons. The van der Waals surface area contributed by atoms with Crippen molar-refractivity contribution >= 4 is 17.0 Å². The fourth-order valence-electron chi connectivity index (χ4n) is 4.67. The lowest BCUT2D eigenvalue weighted by atomic mass is 9.94. The van der Waals surface area contributed by atoms with Crippen molar-refractivity contribution in [2.24, 2.45) is 5.92 Å². The highest BCUT2D eigenvalue weighted by Gasteiger charge is 2.48. The second-order valence-electron chi connectivity index (χ2n) is 6.69. The minimum atomic E-state index is 0.561. The highest BCUT2D eigenvalue weighted by atomic mass is 16.5. The van der Waals surface area contributed by atoms with Gasteiger partial charge in [0, 0.05) is 35.2 Å². The summed E-state index contributed by atoms with van der Waals surface area (Å²) in [6.07, 6.45) is 4.93. The molecular weight excluding hydrogens is 262 g/mol. The Labute approximate surface area is 124 Å². The number of piperidine rings is 1. The Morgan fingerprint density at radius 3 is 3.00 bits per heavy atom. The molecule has 3 heteroatoms. The van der Waals surface area contributed by atoms with Gasteiger partial charge >= 0.3 is 0 Å². The molecule has 2 bridgehead atoms. The molecule has 0 unspecified atom stereocenters. The zero-order valence-electron chi connectivity index (χ0n) is 12.4. The van der Waals surface area contributed by atoms with E-state index in [1.807, 2.05) is 12.1 Å². The zero-order chi connectivity index (χ0) is 14.1. The number of furan rings is 1. The first-order valence-corrected chi connectivity index (χ1v) is 7.80. The van der Waals surface area contributed by atoms with Gasteiger partial charge < -0.3 is 14.1 Å². The van der Waals surface area contributed by atoms with Gasteiger partial charge in [0.05, 0.1) is 7.11 Å². The molecular formula is C18H19NO2. The van der Waals surface area contributed by atoms with Crippen molar-refractivity contribution in [1.29, 1.82) is 0 Å². The van der Waals surface area contributed by atoms with Gasteiger partial charge in [-0.1, -0.05) is 0 Å². The van der Waals surface area contributed by atoms with Crippen LogP contribution in [0.1, 0.15) is 37.0 Å². The molecule has 1 aromatic heterocycles. The van der Waals surface area contributed by atoms with Crippen molar-refractivity contribution in [2.45, 2.75) is 31.7 Å². The van der Waals surface area contributed by atoms with Crippen molar-refractivity contribution in [3.63, 3.8) is 0 Å². The Balaban J connectivity index is 1.79. The van der Waals surface area contributed by atoms with E-state index < -0.39 is 0 Å². The minimum absolute atomic E-state index is 0.561. The van der Waals surface area contributed by atoms with Gasteiger partial charge in [0.2, 0.25) is 0 Å². The van der Waals surface area contributed by atoms with Crippen LogP contribution in [0.25, 0.3) is 17.0 Å². The van der Waals surface area contributed by atoms with E-state index in [9.17, 15) is 0 Å². The summed E-state index contributed by atoms with van der Waals surface area (Å²) in [5, 5.41) is 1.19. The second-order valence-corrected chi connectivity index (χ2v) is 6.69. The Morgan fingerprint density at radius 2 is 2.19 bits per heavy atom. The van der Waals surface area contributed by atoms with Gasteiger partial charge in [0.15, 0.2) is 0 Å². The summed E-state index contributed by atoms with van der Waals surface area (Å²) in [4.78, 5) is 2.60. The van der Waals surface area contributed by atoms with Crippen LogP contribution in [0.15, 0.2) is 28.3 Å². The third-order valence-corrected chi connectivity index (χ3v) is 5.59. The normalized spacial score (nSPS) is 29.5. The van der Waals surface area contributed by atoms with E-state index in [-0.39, 0.29) is 0 Å². The SMILES string of the molecule is COc1ccc2oc3c(c2c1)C=C(C)N1C[C@H]2C[C@@H]3[C@@H]1C2. The second kappa shape index (κ2) is 3.85. The number of benzene rings is 1. The van der Waals surface area contributed by atoms with Crippen LogP contribution in [0.4, 0.5) is 0 Å². The summed E-state index contributed by atoms with van der Waals surface area (Å²) in [7, 11) is 1.72. The van der Waals surface area contributed by atoms with Gasteiger partial charge in [0.25, 0.3) is 0 Å². The van der Waals surface area contributed by atoms with Crippen LogP contribution < -0.4 is 4.74 Å². The van der Waals surface area contributed by atoms with E-state index in [1.54, 1.807) is 7.11 Å². The molecule has 1 saturated heterocycles. The van der Waals surface area contributed by atoms with E-state index in [0.717, 1.165) is 17.3 Å². The first-order valence-electron chi connectivity index (χ1n) is 7.80. The quantitative estimate of drug-likeness (QED) is 0.790. The average Bonchev–Trinajstić information content (AvgIpc) is 3.17. The number of nitrogens with zero attached hydrogens (tertiary/aromatic N) is 1. The topological polar surface area (TPSA) is 25.6 Å². The molecule has 3 aliphatic rings. The molecule has 2 fully saturated rings. The van der Waals surface area contributed by atoms with E-state index in [2.05, 4.69) is 24.0 Å². The Hall–Kier alpha value is -1.90. The molecule has 1 aliphatic carbocycles. The van der Waals surface area contributed by atoms with Gasteiger partial charge in [-0.2, -0.15) is 0 Å². The van der Waals surface area contributed by atoms with Gasteiger partial charge in [-0.05, 0) is 50.0 Å². The number of allylic oxidation sites excluding steroid dienone is 1. The monoisotopic (exact) mass is 281 g/mol. The van der Waals surface area contributed by atoms with Crippen molar-refractivity contribution < 1.29 is 9.15 Å². The first-order chi connectivity index (χ1) is 10.2. The van der Waals surface area contributed by atoms with Crippen molar-refractivity contribution in [2.75, 3.05) is 13.7 Å². The molecule has 1 saturated carbocycles. The summed E-state index contributed by atoms with van der Waals surface area (Å²) >= 11 is 0. The molecule has 1 aromatic carbocycles. The number of hydrogen-bond acceptors (Lipinski definition) is 3. The molecule has 3 heterocycles. The van der Waals surface area contributed by atoms with Crippen LogP contribution in [0.2, 0.25) is 0 Å². The van der Waals surface area contributed by atoms with Crippen molar-refractivity contribution in [3.05, 3.63) is 35.2 Å². The van der Waals surface area contributed by atoms with Crippen LogP contribution in [0, 0.1) is 5.92 Å².